The summed E-state index contributed by atoms with van der Waals surface area (Å²) in [5, 5.41) is 2.82. The number of hydrogen-bond acceptors (Lipinski definition) is 3. The van der Waals surface area contributed by atoms with E-state index in [1.54, 1.807) is 0 Å². The molecule has 0 bridgehead atoms. The van der Waals surface area contributed by atoms with Crippen LogP contribution >= 0.6 is 0 Å². The molecule has 1 N–H and O–H groups in total. The molecule has 0 saturated heterocycles. The van der Waals surface area contributed by atoms with Crippen LogP contribution < -0.4 is 5.32 Å². The van der Waals surface area contributed by atoms with Crippen molar-refractivity contribution in [2.45, 2.75) is 38.6 Å². The third kappa shape index (κ3) is 6.76. The quantitative estimate of drug-likeness (QED) is 0.841. The van der Waals surface area contributed by atoms with Crippen molar-refractivity contribution in [3.05, 3.63) is 30.3 Å². The molecule has 0 aliphatic carbocycles. The Balaban J connectivity index is 2.58. The predicted molar refractivity (Wildman–Crippen MR) is 85.7 cm³/mol. The van der Waals surface area contributed by atoms with Gasteiger partial charge in [0, 0.05) is 16.7 Å². The Morgan fingerprint density at radius 1 is 1.19 bits per heavy atom. The number of carbonyl (C=O) groups excluding carboxylic acids is 1. The number of benzene rings is 1. The lowest BCUT2D eigenvalue weighted by Crippen LogP contribution is -2.42. The van der Waals surface area contributed by atoms with Crippen LogP contribution in [0.4, 0.5) is 4.79 Å². The predicted octanol–water partition coefficient (Wildman–Crippen LogP) is 3.20. The van der Waals surface area contributed by atoms with Crippen molar-refractivity contribution in [1.82, 2.24) is 5.32 Å². The second-order valence-corrected chi connectivity index (χ2v) is 7.31. The normalized spacial score (nSPS) is 14.0. The summed E-state index contributed by atoms with van der Waals surface area (Å²) in [5.41, 5.74) is 0. The van der Waals surface area contributed by atoms with Crippen LogP contribution in [0.3, 0.4) is 0 Å². The average Bonchev–Trinajstić information content (AvgIpc) is 2.45. The van der Waals surface area contributed by atoms with Crippen LogP contribution in [-0.2, 0) is 15.5 Å². The molecule has 1 rings (SSSR count). The number of amides is 1. The van der Waals surface area contributed by atoms with Gasteiger partial charge in [-0.3, -0.25) is 4.21 Å². The van der Waals surface area contributed by atoms with E-state index < -0.39 is 16.9 Å². The number of alkyl carbamates (subject to hydrolysis) is 1. The summed E-state index contributed by atoms with van der Waals surface area (Å²) in [6, 6.07) is 9.12. The molecule has 0 spiro atoms. The van der Waals surface area contributed by atoms with Gasteiger partial charge in [0.1, 0.15) is 0 Å². The van der Waals surface area contributed by atoms with Gasteiger partial charge in [0.2, 0.25) is 0 Å². The number of nitrogens with one attached hydrogen (secondary N) is 1. The van der Waals surface area contributed by atoms with Crippen molar-refractivity contribution >= 4 is 16.9 Å². The molecular formula is C16H25NO3S. The number of hydrogen-bond donors (Lipinski definition) is 1. The molecule has 0 aromatic heterocycles. The molecule has 118 valence electrons. The van der Waals surface area contributed by atoms with E-state index in [4.69, 9.17) is 4.74 Å². The van der Waals surface area contributed by atoms with Crippen LogP contribution in [0.15, 0.2) is 35.2 Å². The van der Waals surface area contributed by atoms with Gasteiger partial charge in [-0.1, -0.05) is 45.9 Å². The van der Waals surface area contributed by atoms with Gasteiger partial charge in [-0.05, 0) is 24.0 Å². The standard InChI is InChI=1S/C16H25NO3S/c1-12(2)10-20-16(18)17-15(13(3)4)11-21(19)14-8-6-5-7-9-14/h5-9,12-13,15H,10-11H2,1-4H3,(H,17,18)/t15-,21?/m0/s1. The van der Waals surface area contributed by atoms with Crippen LogP contribution in [0.1, 0.15) is 27.7 Å². The molecule has 5 heteroatoms. The van der Waals surface area contributed by atoms with Gasteiger partial charge >= 0.3 is 6.09 Å². The van der Waals surface area contributed by atoms with E-state index in [2.05, 4.69) is 5.32 Å². The van der Waals surface area contributed by atoms with Crippen molar-refractivity contribution in [2.75, 3.05) is 12.4 Å². The second kappa shape index (κ2) is 8.82. The molecule has 4 nitrogen and oxygen atoms in total. The van der Waals surface area contributed by atoms with E-state index in [0.717, 1.165) is 4.90 Å². The fourth-order valence-electron chi connectivity index (χ4n) is 1.67. The van der Waals surface area contributed by atoms with E-state index in [1.807, 2.05) is 58.0 Å². The lowest BCUT2D eigenvalue weighted by Gasteiger charge is -2.22. The smallest absolute Gasteiger partial charge is 0.407 e. The minimum absolute atomic E-state index is 0.175. The lowest BCUT2D eigenvalue weighted by atomic mass is 10.1. The van der Waals surface area contributed by atoms with Gasteiger partial charge in [0.25, 0.3) is 0 Å². The highest BCUT2D eigenvalue weighted by molar-refractivity contribution is 7.85. The minimum Gasteiger partial charge on any atom is -0.449 e. The Bertz CT molecular complexity index is 460. The van der Waals surface area contributed by atoms with Crippen LogP contribution in [0.5, 0.6) is 0 Å². The Labute approximate surface area is 129 Å². The Kier molecular flexibility index (Phi) is 7.43. The van der Waals surface area contributed by atoms with Crippen molar-refractivity contribution in [3.8, 4) is 0 Å². The minimum atomic E-state index is -1.13. The Morgan fingerprint density at radius 3 is 2.33 bits per heavy atom. The van der Waals surface area contributed by atoms with E-state index in [1.165, 1.54) is 0 Å². The highest BCUT2D eigenvalue weighted by atomic mass is 32.2. The Morgan fingerprint density at radius 2 is 1.81 bits per heavy atom. The van der Waals surface area contributed by atoms with Gasteiger partial charge in [-0.25, -0.2) is 4.79 Å². The first-order chi connectivity index (χ1) is 9.90. The van der Waals surface area contributed by atoms with E-state index in [-0.39, 0.29) is 12.0 Å². The lowest BCUT2D eigenvalue weighted by molar-refractivity contribution is 0.128. The van der Waals surface area contributed by atoms with E-state index in [0.29, 0.717) is 18.3 Å². The summed E-state index contributed by atoms with van der Waals surface area (Å²) in [4.78, 5) is 12.5. The van der Waals surface area contributed by atoms with Crippen LogP contribution in [-0.4, -0.2) is 28.7 Å². The first-order valence-corrected chi connectivity index (χ1v) is 8.58. The number of rotatable bonds is 7. The third-order valence-electron chi connectivity index (χ3n) is 2.99. The maximum absolute atomic E-state index is 12.3. The Hall–Kier alpha value is -1.36. The summed E-state index contributed by atoms with van der Waals surface area (Å²) in [5.74, 6) is 0.870. The fourth-order valence-corrected chi connectivity index (χ4v) is 3.12. The molecule has 0 heterocycles. The maximum atomic E-state index is 12.3. The molecule has 1 unspecified atom stereocenters. The molecule has 21 heavy (non-hydrogen) atoms. The van der Waals surface area contributed by atoms with Gasteiger partial charge < -0.3 is 10.1 Å². The molecule has 0 saturated carbocycles. The zero-order chi connectivity index (χ0) is 15.8. The maximum Gasteiger partial charge on any atom is 0.407 e. The molecule has 0 aliphatic heterocycles. The van der Waals surface area contributed by atoms with Crippen LogP contribution in [0.25, 0.3) is 0 Å². The molecule has 1 aromatic carbocycles. The molecule has 0 aliphatic rings. The van der Waals surface area contributed by atoms with Crippen LogP contribution in [0.2, 0.25) is 0 Å². The number of carbonyl (C=O) groups is 1. The summed E-state index contributed by atoms with van der Waals surface area (Å²) >= 11 is 0. The summed E-state index contributed by atoms with van der Waals surface area (Å²) < 4.78 is 17.4. The van der Waals surface area contributed by atoms with Gasteiger partial charge in [0.15, 0.2) is 0 Å². The molecule has 1 aromatic rings. The first kappa shape index (κ1) is 17.7. The van der Waals surface area contributed by atoms with Crippen LogP contribution in [0, 0.1) is 11.8 Å². The largest absolute Gasteiger partial charge is 0.449 e. The highest BCUT2D eigenvalue weighted by Gasteiger charge is 2.20. The molecule has 0 radical (unpaired) electrons. The van der Waals surface area contributed by atoms with E-state index in [9.17, 15) is 9.00 Å². The summed E-state index contributed by atoms with van der Waals surface area (Å²) in [7, 11) is -1.13. The molecular weight excluding hydrogens is 286 g/mol. The first-order valence-electron chi connectivity index (χ1n) is 7.26. The SMILES string of the molecule is CC(C)COC(=O)N[C@@H](CS(=O)c1ccccc1)C(C)C. The monoisotopic (exact) mass is 311 g/mol. The molecule has 1 amide bonds. The molecule has 0 fully saturated rings. The zero-order valence-electron chi connectivity index (χ0n) is 13.2. The fraction of sp³-hybridized carbons (Fsp3) is 0.562. The topological polar surface area (TPSA) is 55.4 Å². The van der Waals surface area contributed by atoms with Gasteiger partial charge in [-0.15, -0.1) is 0 Å². The number of ether oxygens (including phenoxy) is 1. The third-order valence-corrected chi connectivity index (χ3v) is 4.45. The van der Waals surface area contributed by atoms with Crippen molar-refractivity contribution < 1.29 is 13.7 Å². The van der Waals surface area contributed by atoms with Crippen molar-refractivity contribution in [2.24, 2.45) is 11.8 Å². The average molecular weight is 311 g/mol. The second-order valence-electron chi connectivity index (χ2n) is 5.81. The highest BCUT2D eigenvalue weighted by Crippen LogP contribution is 2.11. The van der Waals surface area contributed by atoms with Gasteiger partial charge in [-0.2, -0.15) is 0 Å². The van der Waals surface area contributed by atoms with Gasteiger partial charge in [0.05, 0.1) is 17.4 Å². The van der Waals surface area contributed by atoms with Crippen molar-refractivity contribution in [3.63, 3.8) is 0 Å². The van der Waals surface area contributed by atoms with E-state index >= 15 is 0 Å². The zero-order valence-corrected chi connectivity index (χ0v) is 14.0. The van der Waals surface area contributed by atoms with Crippen molar-refractivity contribution in [1.29, 1.82) is 0 Å². The summed E-state index contributed by atoms with van der Waals surface area (Å²) in [6.07, 6.45) is -0.438. The molecule has 2 atom stereocenters. The summed E-state index contributed by atoms with van der Waals surface area (Å²) in [6.45, 7) is 8.35.